The first-order chi connectivity index (χ1) is 10.0. The summed E-state index contributed by atoms with van der Waals surface area (Å²) in [5.41, 5.74) is 0.304. The fourth-order valence-electron chi connectivity index (χ4n) is 2.49. The highest BCUT2D eigenvalue weighted by atomic mass is 35.5. The number of carbonyl (C=O) groups is 1. The normalized spacial score (nSPS) is 21.0. The lowest BCUT2D eigenvalue weighted by atomic mass is 10.1. The zero-order valence-electron chi connectivity index (χ0n) is 13.0. The Bertz CT molecular complexity index is 506. The van der Waals surface area contributed by atoms with Crippen LogP contribution in [0, 0.1) is 5.82 Å². The van der Waals surface area contributed by atoms with Gasteiger partial charge in [-0.3, -0.25) is 0 Å². The van der Waals surface area contributed by atoms with Crippen LogP contribution < -0.4 is 10.1 Å². The van der Waals surface area contributed by atoms with Crippen LogP contribution in [0.25, 0.3) is 0 Å². The van der Waals surface area contributed by atoms with E-state index in [2.05, 4.69) is 5.32 Å². The molecule has 1 aliphatic heterocycles. The van der Waals surface area contributed by atoms with Crippen molar-refractivity contribution in [1.82, 2.24) is 10.2 Å². The van der Waals surface area contributed by atoms with E-state index in [9.17, 15) is 9.18 Å². The molecule has 5 nitrogen and oxygen atoms in total. The van der Waals surface area contributed by atoms with Gasteiger partial charge in [0.25, 0.3) is 0 Å². The average molecular weight is 333 g/mol. The highest BCUT2D eigenvalue weighted by Gasteiger charge is 2.30. The van der Waals surface area contributed by atoms with E-state index in [0.717, 1.165) is 13.1 Å². The molecule has 1 fully saturated rings. The maximum atomic E-state index is 13.7. The van der Waals surface area contributed by atoms with E-state index in [4.69, 9.17) is 9.47 Å². The van der Waals surface area contributed by atoms with Crippen LogP contribution >= 0.6 is 12.4 Å². The lowest BCUT2D eigenvalue weighted by Gasteiger charge is -2.38. The van der Waals surface area contributed by atoms with Gasteiger partial charge in [0.1, 0.15) is 18.2 Å². The zero-order chi connectivity index (χ0) is 15.4. The van der Waals surface area contributed by atoms with Crippen LogP contribution in [0.2, 0.25) is 0 Å². The van der Waals surface area contributed by atoms with Crippen molar-refractivity contribution in [3.63, 3.8) is 0 Å². The summed E-state index contributed by atoms with van der Waals surface area (Å²) in [7, 11) is 1.51. The first-order valence-electron chi connectivity index (χ1n) is 7.01. The van der Waals surface area contributed by atoms with Crippen LogP contribution in [-0.4, -0.2) is 43.3 Å². The molecule has 0 saturated carbocycles. The van der Waals surface area contributed by atoms with E-state index in [-0.39, 0.29) is 31.1 Å². The van der Waals surface area contributed by atoms with E-state index in [1.807, 2.05) is 13.8 Å². The molecule has 0 aliphatic carbocycles. The van der Waals surface area contributed by atoms with Crippen LogP contribution in [0.1, 0.15) is 19.4 Å². The van der Waals surface area contributed by atoms with Gasteiger partial charge in [0.2, 0.25) is 0 Å². The van der Waals surface area contributed by atoms with Crippen molar-refractivity contribution in [1.29, 1.82) is 0 Å². The summed E-state index contributed by atoms with van der Waals surface area (Å²) in [4.78, 5) is 13.9. The fraction of sp³-hybridized carbons (Fsp3) is 0.533. The van der Waals surface area contributed by atoms with Gasteiger partial charge >= 0.3 is 6.09 Å². The monoisotopic (exact) mass is 332 g/mol. The molecule has 1 amide bonds. The molecule has 1 heterocycles. The van der Waals surface area contributed by atoms with E-state index < -0.39 is 11.9 Å². The van der Waals surface area contributed by atoms with E-state index in [0.29, 0.717) is 11.3 Å². The third kappa shape index (κ3) is 4.24. The van der Waals surface area contributed by atoms with Gasteiger partial charge in [-0.05, 0) is 32.0 Å². The van der Waals surface area contributed by atoms with Gasteiger partial charge in [-0.25, -0.2) is 9.18 Å². The van der Waals surface area contributed by atoms with Gasteiger partial charge < -0.3 is 19.7 Å². The van der Waals surface area contributed by atoms with Crippen molar-refractivity contribution in [2.45, 2.75) is 32.5 Å². The number of hydrogen-bond donors (Lipinski definition) is 1. The predicted octanol–water partition coefficient (Wildman–Crippen LogP) is 2.57. The number of rotatable bonds is 3. The molecule has 22 heavy (non-hydrogen) atoms. The lowest BCUT2D eigenvalue weighted by molar-refractivity contribution is 0.0557. The number of ether oxygens (including phenoxy) is 2. The summed E-state index contributed by atoms with van der Waals surface area (Å²) in [5.74, 6) is 0.122. The number of carbonyl (C=O) groups excluding carboxylic acids is 1. The summed E-state index contributed by atoms with van der Waals surface area (Å²) in [6.07, 6.45) is -0.418. The van der Waals surface area contributed by atoms with Crippen LogP contribution in [0.5, 0.6) is 5.75 Å². The molecule has 124 valence electrons. The minimum Gasteiger partial charge on any atom is -0.497 e. The maximum absolute atomic E-state index is 13.7. The zero-order valence-corrected chi connectivity index (χ0v) is 13.8. The number of nitrogens with zero attached hydrogens (tertiary/aromatic N) is 1. The van der Waals surface area contributed by atoms with Gasteiger partial charge in [-0.15, -0.1) is 12.4 Å². The highest BCUT2D eigenvalue weighted by molar-refractivity contribution is 5.85. The smallest absolute Gasteiger partial charge is 0.410 e. The molecule has 1 saturated heterocycles. The van der Waals surface area contributed by atoms with Crippen molar-refractivity contribution in [3.05, 3.63) is 29.6 Å². The number of methoxy groups -OCH3 is 1. The van der Waals surface area contributed by atoms with Crippen LogP contribution in [0.3, 0.4) is 0 Å². The lowest BCUT2D eigenvalue weighted by Crippen LogP contribution is -2.57. The van der Waals surface area contributed by atoms with Crippen LogP contribution in [0.4, 0.5) is 9.18 Å². The first kappa shape index (κ1) is 18.5. The third-order valence-electron chi connectivity index (χ3n) is 3.64. The Hall–Kier alpha value is -1.53. The Morgan fingerprint density at radius 2 is 2.00 bits per heavy atom. The maximum Gasteiger partial charge on any atom is 0.410 e. The first-order valence-corrected chi connectivity index (χ1v) is 7.01. The predicted molar refractivity (Wildman–Crippen MR) is 84.0 cm³/mol. The number of nitrogens with one attached hydrogen (secondary N) is 1. The van der Waals surface area contributed by atoms with Gasteiger partial charge in [0.05, 0.1) is 7.11 Å². The summed E-state index contributed by atoms with van der Waals surface area (Å²) in [5, 5.41) is 3.24. The molecule has 1 aromatic carbocycles. The summed E-state index contributed by atoms with van der Waals surface area (Å²) >= 11 is 0. The Morgan fingerprint density at radius 3 is 2.59 bits per heavy atom. The van der Waals surface area contributed by atoms with Gasteiger partial charge in [-0.1, -0.05) is 0 Å². The number of piperazine rings is 1. The van der Waals surface area contributed by atoms with Crippen LogP contribution in [0.15, 0.2) is 18.2 Å². The Morgan fingerprint density at radius 1 is 1.36 bits per heavy atom. The quantitative estimate of drug-likeness (QED) is 0.924. The summed E-state index contributed by atoms with van der Waals surface area (Å²) in [6, 6.07) is 4.47. The van der Waals surface area contributed by atoms with Crippen molar-refractivity contribution < 1.29 is 18.7 Å². The molecule has 0 bridgehead atoms. The molecule has 0 unspecified atom stereocenters. The second-order valence-electron chi connectivity index (χ2n) is 5.28. The second kappa shape index (κ2) is 8.19. The molecule has 1 N–H and O–H groups in total. The van der Waals surface area contributed by atoms with Gasteiger partial charge in [0.15, 0.2) is 0 Å². The molecule has 0 radical (unpaired) electrons. The Kier molecular flexibility index (Phi) is 6.90. The molecular formula is C15H22ClFN2O3. The molecule has 7 heteroatoms. The summed E-state index contributed by atoms with van der Waals surface area (Å²) < 4.78 is 24.0. The second-order valence-corrected chi connectivity index (χ2v) is 5.28. The van der Waals surface area contributed by atoms with E-state index in [1.54, 1.807) is 4.90 Å². The molecule has 0 aromatic heterocycles. The topological polar surface area (TPSA) is 50.8 Å². The minimum atomic E-state index is -0.418. The molecule has 2 rings (SSSR count). The highest BCUT2D eigenvalue weighted by Crippen LogP contribution is 2.18. The van der Waals surface area contributed by atoms with Crippen molar-refractivity contribution in [3.8, 4) is 5.75 Å². The fourth-order valence-corrected chi connectivity index (χ4v) is 2.49. The average Bonchev–Trinajstić information content (AvgIpc) is 2.46. The van der Waals surface area contributed by atoms with E-state index in [1.165, 1.54) is 25.3 Å². The van der Waals surface area contributed by atoms with Crippen molar-refractivity contribution in [2.24, 2.45) is 0 Å². The third-order valence-corrected chi connectivity index (χ3v) is 3.64. The minimum absolute atomic E-state index is 0. The number of benzene rings is 1. The van der Waals surface area contributed by atoms with E-state index >= 15 is 0 Å². The number of hydrogen-bond acceptors (Lipinski definition) is 4. The van der Waals surface area contributed by atoms with Crippen molar-refractivity contribution in [2.75, 3.05) is 20.2 Å². The molecule has 1 aliphatic rings. The molecule has 2 atom stereocenters. The van der Waals surface area contributed by atoms with Crippen LogP contribution in [-0.2, 0) is 11.3 Å². The SMILES string of the molecule is COc1ccc(F)c(COC(=O)N2[C@H](C)CNC[C@@H]2C)c1.Cl. The Balaban J connectivity index is 0.00000242. The molecule has 0 spiro atoms. The number of amides is 1. The Labute approximate surface area is 136 Å². The van der Waals surface area contributed by atoms with Gasteiger partial charge in [-0.2, -0.15) is 0 Å². The van der Waals surface area contributed by atoms with Gasteiger partial charge in [0, 0.05) is 30.7 Å². The summed E-state index contributed by atoms with van der Waals surface area (Å²) in [6.45, 7) is 5.26. The number of halogens is 2. The standard InChI is InChI=1S/C15H21FN2O3.ClH/c1-10-7-17-8-11(2)18(10)15(19)21-9-12-6-13(20-3)4-5-14(12)16;/h4-6,10-11,17H,7-9H2,1-3H3;1H/t10-,11+;. The molecular weight excluding hydrogens is 311 g/mol. The largest absolute Gasteiger partial charge is 0.497 e. The van der Waals surface area contributed by atoms with Crippen molar-refractivity contribution >= 4 is 18.5 Å². The molecule has 1 aromatic rings.